The van der Waals surface area contributed by atoms with Crippen LogP contribution in [0.3, 0.4) is 0 Å². The first-order valence-electron chi connectivity index (χ1n) is 7.85. The van der Waals surface area contributed by atoms with Gasteiger partial charge in [-0.25, -0.2) is 0 Å². The summed E-state index contributed by atoms with van der Waals surface area (Å²) in [5.41, 5.74) is -0.0500. The number of carbonyl (C=O) groups is 3. The number of ketones is 2. The van der Waals surface area contributed by atoms with Crippen molar-refractivity contribution >= 4 is 29.1 Å². The number of hydrogen-bond acceptors (Lipinski definition) is 4. The maximum Gasteiger partial charge on any atom is 0.226 e. The zero-order valence-corrected chi connectivity index (χ0v) is 15.4. The molecule has 0 unspecified atom stereocenters. The fraction of sp³-hybridized carbons (Fsp3) is 0.421. The highest BCUT2D eigenvalue weighted by Crippen LogP contribution is 2.43. The molecule has 1 aromatic rings. The van der Waals surface area contributed by atoms with Crippen LogP contribution in [0.25, 0.3) is 0 Å². The molecular weight excluding hydrogens is 342 g/mol. The number of amides is 1. The first-order chi connectivity index (χ1) is 11.8. The maximum absolute atomic E-state index is 12.7. The van der Waals surface area contributed by atoms with E-state index < -0.39 is 11.3 Å². The summed E-state index contributed by atoms with van der Waals surface area (Å²) in [6, 6.07) is 3.27. The standard InChI is InChI=1S/C19H20ClNO4/c1-5-6-11-7-12(20)16(15(8-11)25-4)17-13(22)9-19(2,10-14(17)23)18(24)21-3/h7-8,17H,9-10H2,1-4H3,(H,21,24). The van der Waals surface area contributed by atoms with E-state index in [4.69, 9.17) is 16.3 Å². The summed E-state index contributed by atoms with van der Waals surface area (Å²) in [5.74, 6) is 3.97. The largest absolute Gasteiger partial charge is 0.496 e. The van der Waals surface area contributed by atoms with Crippen LogP contribution in [0.4, 0.5) is 0 Å². The highest BCUT2D eigenvalue weighted by molar-refractivity contribution is 6.33. The van der Waals surface area contributed by atoms with Gasteiger partial charge in [-0.1, -0.05) is 17.5 Å². The van der Waals surface area contributed by atoms with Crippen molar-refractivity contribution in [2.45, 2.75) is 32.6 Å². The van der Waals surface area contributed by atoms with Gasteiger partial charge in [0.25, 0.3) is 0 Å². The number of halogens is 1. The molecule has 1 amide bonds. The minimum absolute atomic E-state index is 0.0287. The number of rotatable bonds is 3. The van der Waals surface area contributed by atoms with Crippen LogP contribution < -0.4 is 10.1 Å². The molecule has 1 aliphatic carbocycles. The summed E-state index contributed by atoms with van der Waals surface area (Å²) in [5, 5.41) is 2.77. The first kappa shape index (κ1) is 19.0. The molecule has 0 aliphatic heterocycles. The van der Waals surface area contributed by atoms with Crippen molar-refractivity contribution in [2.75, 3.05) is 14.2 Å². The molecule has 1 aromatic carbocycles. The molecule has 5 nitrogen and oxygen atoms in total. The van der Waals surface area contributed by atoms with E-state index in [-0.39, 0.29) is 35.3 Å². The molecule has 0 aromatic heterocycles. The van der Waals surface area contributed by atoms with Crippen LogP contribution in [0, 0.1) is 17.3 Å². The van der Waals surface area contributed by atoms with Gasteiger partial charge in [0.1, 0.15) is 23.2 Å². The van der Waals surface area contributed by atoms with E-state index in [0.717, 1.165) is 0 Å². The summed E-state index contributed by atoms with van der Waals surface area (Å²) in [6.45, 7) is 3.32. The number of hydrogen-bond donors (Lipinski definition) is 1. The van der Waals surface area contributed by atoms with Gasteiger partial charge >= 0.3 is 0 Å². The predicted molar refractivity (Wildman–Crippen MR) is 94.7 cm³/mol. The van der Waals surface area contributed by atoms with Crippen LogP contribution in [0.2, 0.25) is 5.02 Å². The molecule has 2 rings (SSSR count). The monoisotopic (exact) mass is 361 g/mol. The van der Waals surface area contributed by atoms with Crippen molar-refractivity contribution in [3.63, 3.8) is 0 Å². The van der Waals surface area contributed by atoms with Crippen molar-refractivity contribution < 1.29 is 19.1 Å². The normalized spacial score (nSPS) is 22.8. The summed E-state index contributed by atoms with van der Waals surface area (Å²) in [6.07, 6.45) is -0.0574. The molecular formula is C19H20ClNO4. The molecule has 1 saturated carbocycles. The predicted octanol–water partition coefficient (Wildman–Crippen LogP) is 2.49. The fourth-order valence-electron chi connectivity index (χ4n) is 3.26. The number of ether oxygens (including phenoxy) is 1. The topological polar surface area (TPSA) is 72.5 Å². The Morgan fingerprint density at radius 2 is 1.92 bits per heavy atom. The van der Waals surface area contributed by atoms with Gasteiger partial charge in [-0.05, 0) is 26.0 Å². The Bertz CT molecular complexity index is 786. The van der Waals surface area contributed by atoms with E-state index >= 15 is 0 Å². The van der Waals surface area contributed by atoms with Gasteiger partial charge in [-0.2, -0.15) is 0 Å². The molecule has 132 valence electrons. The lowest BCUT2D eigenvalue weighted by atomic mass is 9.68. The van der Waals surface area contributed by atoms with Crippen molar-refractivity contribution in [3.8, 4) is 17.6 Å². The van der Waals surface area contributed by atoms with Gasteiger partial charge in [-0.3, -0.25) is 14.4 Å². The zero-order valence-electron chi connectivity index (χ0n) is 14.7. The second-order valence-electron chi connectivity index (χ2n) is 6.31. The van der Waals surface area contributed by atoms with Crippen LogP contribution in [0.15, 0.2) is 12.1 Å². The number of methoxy groups -OCH3 is 1. The van der Waals surface area contributed by atoms with Gasteiger partial charge in [0, 0.05) is 36.0 Å². The Kier molecular flexibility index (Phi) is 5.54. The average molecular weight is 362 g/mol. The van der Waals surface area contributed by atoms with E-state index in [1.165, 1.54) is 14.2 Å². The molecule has 1 N–H and O–H groups in total. The molecule has 1 aliphatic rings. The van der Waals surface area contributed by atoms with E-state index in [9.17, 15) is 14.4 Å². The van der Waals surface area contributed by atoms with Crippen molar-refractivity contribution in [1.29, 1.82) is 0 Å². The average Bonchev–Trinajstić information content (AvgIpc) is 2.55. The lowest BCUT2D eigenvalue weighted by molar-refractivity contribution is -0.144. The van der Waals surface area contributed by atoms with E-state index in [2.05, 4.69) is 17.2 Å². The van der Waals surface area contributed by atoms with Crippen molar-refractivity contribution in [2.24, 2.45) is 5.41 Å². The second kappa shape index (κ2) is 7.28. The Morgan fingerprint density at radius 3 is 2.40 bits per heavy atom. The lowest BCUT2D eigenvalue weighted by Gasteiger charge is -2.34. The van der Waals surface area contributed by atoms with Crippen molar-refractivity contribution in [1.82, 2.24) is 5.32 Å². The molecule has 25 heavy (non-hydrogen) atoms. The van der Waals surface area contributed by atoms with Crippen LogP contribution in [-0.2, 0) is 14.4 Å². The molecule has 6 heteroatoms. The molecule has 1 fully saturated rings. The van der Waals surface area contributed by atoms with Crippen LogP contribution in [0.1, 0.15) is 43.7 Å². The second-order valence-corrected chi connectivity index (χ2v) is 6.72. The minimum Gasteiger partial charge on any atom is -0.496 e. The Balaban J connectivity index is 2.49. The fourth-order valence-corrected chi connectivity index (χ4v) is 3.58. The third-order valence-corrected chi connectivity index (χ3v) is 4.73. The molecule has 0 saturated heterocycles. The number of nitrogens with one attached hydrogen (secondary N) is 1. The number of Topliss-reactive ketones (excluding diaryl/α,β-unsaturated/α-hetero) is 2. The number of benzene rings is 1. The van der Waals surface area contributed by atoms with Gasteiger partial charge in [0.2, 0.25) is 5.91 Å². The van der Waals surface area contributed by atoms with Crippen LogP contribution in [0.5, 0.6) is 5.75 Å². The highest BCUT2D eigenvalue weighted by atomic mass is 35.5. The summed E-state index contributed by atoms with van der Waals surface area (Å²) >= 11 is 6.34. The van der Waals surface area contributed by atoms with Crippen LogP contribution >= 0.6 is 11.6 Å². The van der Waals surface area contributed by atoms with Gasteiger partial charge in [0.15, 0.2) is 0 Å². The smallest absolute Gasteiger partial charge is 0.226 e. The summed E-state index contributed by atoms with van der Waals surface area (Å²) in [7, 11) is 2.94. The third-order valence-electron chi connectivity index (χ3n) is 4.42. The van der Waals surface area contributed by atoms with Crippen LogP contribution in [-0.4, -0.2) is 31.6 Å². The van der Waals surface area contributed by atoms with Gasteiger partial charge < -0.3 is 10.1 Å². The molecule has 0 spiro atoms. The van der Waals surface area contributed by atoms with Gasteiger partial charge in [0.05, 0.1) is 12.5 Å². The lowest BCUT2D eigenvalue weighted by Crippen LogP contribution is -2.46. The van der Waals surface area contributed by atoms with E-state index in [1.807, 2.05) is 0 Å². The Hall–Kier alpha value is -2.32. The van der Waals surface area contributed by atoms with E-state index in [0.29, 0.717) is 16.9 Å². The number of carbonyl (C=O) groups excluding carboxylic acids is 3. The minimum atomic E-state index is -1.03. The van der Waals surface area contributed by atoms with Crippen molar-refractivity contribution in [3.05, 3.63) is 28.3 Å². The first-order valence-corrected chi connectivity index (χ1v) is 8.23. The van der Waals surface area contributed by atoms with Gasteiger partial charge in [-0.15, -0.1) is 5.92 Å². The molecule has 0 bridgehead atoms. The zero-order chi connectivity index (χ0) is 18.8. The maximum atomic E-state index is 12.7. The Labute approximate surface area is 152 Å². The quantitative estimate of drug-likeness (QED) is 0.663. The Morgan fingerprint density at radius 1 is 1.32 bits per heavy atom. The molecule has 0 radical (unpaired) electrons. The molecule has 0 heterocycles. The summed E-state index contributed by atoms with van der Waals surface area (Å²) in [4.78, 5) is 37.5. The SMILES string of the molecule is CC#Cc1cc(Cl)c(C2C(=O)CC(C)(C(=O)NC)CC2=O)c(OC)c1. The molecule has 0 atom stereocenters. The van der Waals surface area contributed by atoms with E-state index in [1.54, 1.807) is 26.0 Å². The summed E-state index contributed by atoms with van der Waals surface area (Å²) < 4.78 is 5.35. The third kappa shape index (κ3) is 3.54. The highest BCUT2D eigenvalue weighted by Gasteiger charge is 2.48.